The number of nitrogens with zero attached hydrogens (tertiary/aromatic N) is 2. The molecule has 1 aliphatic rings. The Bertz CT molecular complexity index is 1030. The molecular formula is C25H30BrClN4O3. The van der Waals surface area contributed by atoms with Gasteiger partial charge in [0.2, 0.25) is 5.91 Å². The Balaban J connectivity index is 1.64. The molecule has 0 saturated carbocycles. The van der Waals surface area contributed by atoms with Crippen molar-refractivity contribution in [2.24, 2.45) is 5.92 Å². The molecule has 2 aromatic rings. The van der Waals surface area contributed by atoms with Crippen LogP contribution >= 0.6 is 27.5 Å². The number of rotatable bonds is 6. The van der Waals surface area contributed by atoms with Gasteiger partial charge in [0.15, 0.2) is 0 Å². The second kappa shape index (κ2) is 11.7. The van der Waals surface area contributed by atoms with Crippen LogP contribution in [0.2, 0.25) is 5.02 Å². The summed E-state index contributed by atoms with van der Waals surface area (Å²) in [6.07, 6.45) is 0.745. The Morgan fingerprint density at radius 2 is 1.85 bits per heavy atom. The fraction of sp³-hybridized carbons (Fsp3) is 0.400. The van der Waals surface area contributed by atoms with Gasteiger partial charge in [0, 0.05) is 46.4 Å². The summed E-state index contributed by atoms with van der Waals surface area (Å²) in [5.74, 6) is -0.438. The Morgan fingerprint density at radius 3 is 2.47 bits per heavy atom. The number of hydrogen-bond acceptors (Lipinski definition) is 3. The smallest absolute Gasteiger partial charge is 0.322 e. The largest absolute Gasteiger partial charge is 0.340 e. The summed E-state index contributed by atoms with van der Waals surface area (Å²) >= 11 is 9.37. The summed E-state index contributed by atoms with van der Waals surface area (Å²) in [6.45, 7) is 7.05. The first kappa shape index (κ1) is 26.0. The molecule has 3 unspecified atom stereocenters. The molecule has 0 spiro atoms. The summed E-state index contributed by atoms with van der Waals surface area (Å²) in [4.78, 5) is 42.5. The number of benzene rings is 2. The van der Waals surface area contributed by atoms with E-state index in [0.717, 1.165) is 10.9 Å². The minimum atomic E-state index is -0.639. The molecule has 2 N–H and O–H groups in total. The van der Waals surface area contributed by atoms with Crippen molar-refractivity contribution in [3.63, 3.8) is 0 Å². The summed E-state index contributed by atoms with van der Waals surface area (Å²) in [5, 5.41) is 6.34. The molecular weight excluding hydrogens is 520 g/mol. The van der Waals surface area contributed by atoms with Crippen LogP contribution in [0, 0.1) is 5.92 Å². The van der Waals surface area contributed by atoms with E-state index in [1.807, 2.05) is 20.8 Å². The summed E-state index contributed by atoms with van der Waals surface area (Å²) in [7, 11) is 0. The molecule has 1 heterocycles. The number of carbonyl (C=O) groups is 3. The quantitative estimate of drug-likeness (QED) is 0.531. The lowest BCUT2D eigenvalue weighted by atomic mass is 9.96. The molecule has 3 rings (SSSR count). The van der Waals surface area contributed by atoms with E-state index in [9.17, 15) is 14.4 Å². The maximum atomic E-state index is 13.4. The van der Waals surface area contributed by atoms with Gasteiger partial charge in [-0.25, -0.2) is 4.79 Å². The lowest BCUT2D eigenvalue weighted by Crippen LogP contribution is -2.60. The molecule has 9 heteroatoms. The number of hydrogen-bond donors (Lipinski definition) is 2. The first-order chi connectivity index (χ1) is 16.2. The van der Waals surface area contributed by atoms with Crippen molar-refractivity contribution in [2.75, 3.05) is 25.0 Å². The molecule has 0 radical (unpaired) electrons. The molecule has 7 nitrogen and oxygen atoms in total. The second-order valence-corrected chi connectivity index (χ2v) is 9.96. The predicted molar refractivity (Wildman–Crippen MR) is 138 cm³/mol. The molecule has 1 saturated heterocycles. The molecule has 182 valence electrons. The van der Waals surface area contributed by atoms with E-state index in [-0.39, 0.29) is 29.8 Å². The van der Waals surface area contributed by atoms with Gasteiger partial charge in [-0.15, -0.1) is 0 Å². The normalized spacial score (nSPS) is 17.6. The zero-order valence-corrected chi connectivity index (χ0v) is 21.9. The fourth-order valence-electron chi connectivity index (χ4n) is 3.93. The minimum Gasteiger partial charge on any atom is -0.340 e. The van der Waals surface area contributed by atoms with Crippen molar-refractivity contribution < 1.29 is 14.4 Å². The van der Waals surface area contributed by atoms with E-state index in [4.69, 9.17) is 11.6 Å². The Morgan fingerprint density at radius 1 is 1.15 bits per heavy atom. The zero-order valence-electron chi connectivity index (χ0n) is 19.6. The number of urea groups is 1. The van der Waals surface area contributed by atoms with Crippen LogP contribution in [-0.4, -0.2) is 59.4 Å². The van der Waals surface area contributed by atoms with E-state index in [2.05, 4.69) is 26.6 Å². The van der Waals surface area contributed by atoms with Crippen molar-refractivity contribution in [3.05, 3.63) is 63.6 Å². The van der Waals surface area contributed by atoms with Crippen molar-refractivity contribution in [2.45, 2.75) is 39.3 Å². The highest BCUT2D eigenvalue weighted by Gasteiger charge is 2.35. The monoisotopic (exact) mass is 548 g/mol. The topological polar surface area (TPSA) is 81.8 Å². The average molecular weight is 550 g/mol. The Labute approximate surface area is 214 Å². The standard InChI is InChI=1S/C25H30BrClN4O3/c1-4-16(2)22(29-23(32)18-8-10-19(26)11-9-18)24(33)30-12-13-31(17(3)15-30)25(34)28-21-7-5-6-20(27)14-21/h5-11,14,16-17,22H,4,12-13,15H2,1-3H3,(H,28,34)(H,29,32). The van der Waals surface area contributed by atoms with Crippen molar-refractivity contribution in [1.29, 1.82) is 0 Å². The maximum absolute atomic E-state index is 13.4. The molecule has 3 atom stereocenters. The third-order valence-electron chi connectivity index (χ3n) is 6.15. The molecule has 2 aromatic carbocycles. The third-order valence-corrected chi connectivity index (χ3v) is 6.91. The highest BCUT2D eigenvalue weighted by atomic mass is 79.9. The van der Waals surface area contributed by atoms with Crippen molar-refractivity contribution in [1.82, 2.24) is 15.1 Å². The van der Waals surface area contributed by atoms with Gasteiger partial charge in [0.1, 0.15) is 6.04 Å². The SMILES string of the molecule is CCC(C)C(NC(=O)c1ccc(Br)cc1)C(=O)N1CCN(C(=O)Nc2cccc(Cl)c2)C(C)C1. The van der Waals surface area contributed by atoms with Gasteiger partial charge in [0.25, 0.3) is 5.91 Å². The lowest BCUT2D eigenvalue weighted by molar-refractivity contribution is -0.136. The molecule has 4 amide bonds. The third kappa shape index (κ3) is 6.51. The fourth-order valence-corrected chi connectivity index (χ4v) is 4.38. The first-order valence-corrected chi connectivity index (χ1v) is 12.5. The first-order valence-electron chi connectivity index (χ1n) is 11.4. The van der Waals surface area contributed by atoms with E-state index < -0.39 is 6.04 Å². The summed E-state index contributed by atoms with van der Waals surface area (Å²) in [5.41, 5.74) is 1.12. The zero-order chi connectivity index (χ0) is 24.8. The Hall–Kier alpha value is -2.58. The Kier molecular flexibility index (Phi) is 8.97. The summed E-state index contributed by atoms with van der Waals surface area (Å²) < 4.78 is 0.879. The highest BCUT2D eigenvalue weighted by Crippen LogP contribution is 2.19. The molecule has 0 bridgehead atoms. The molecule has 1 aliphatic heterocycles. The van der Waals surface area contributed by atoms with Crippen LogP contribution in [0.15, 0.2) is 53.0 Å². The van der Waals surface area contributed by atoms with Gasteiger partial charge in [-0.05, 0) is 55.3 Å². The highest BCUT2D eigenvalue weighted by molar-refractivity contribution is 9.10. The molecule has 0 aromatic heterocycles. The summed E-state index contributed by atoms with van der Waals surface area (Å²) in [6, 6.07) is 13.0. The van der Waals surface area contributed by atoms with E-state index in [1.54, 1.807) is 58.3 Å². The van der Waals surface area contributed by atoms with Crippen molar-refractivity contribution >= 4 is 51.1 Å². The van der Waals surface area contributed by atoms with Crippen LogP contribution in [0.5, 0.6) is 0 Å². The number of nitrogens with one attached hydrogen (secondary N) is 2. The van der Waals surface area contributed by atoms with Gasteiger partial charge in [-0.2, -0.15) is 0 Å². The van der Waals surface area contributed by atoms with Gasteiger partial charge < -0.3 is 20.4 Å². The van der Waals surface area contributed by atoms with Crippen LogP contribution < -0.4 is 10.6 Å². The van der Waals surface area contributed by atoms with Gasteiger partial charge >= 0.3 is 6.03 Å². The molecule has 1 fully saturated rings. The van der Waals surface area contributed by atoms with Crippen molar-refractivity contribution in [3.8, 4) is 0 Å². The van der Waals surface area contributed by atoms with E-state index in [0.29, 0.717) is 35.9 Å². The van der Waals surface area contributed by atoms with Gasteiger partial charge in [0.05, 0.1) is 0 Å². The number of amides is 4. The van der Waals surface area contributed by atoms with Crippen LogP contribution in [0.1, 0.15) is 37.6 Å². The van der Waals surface area contributed by atoms with Crippen LogP contribution in [0.3, 0.4) is 0 Å². The van der Waals surface area contributed by atoms with Crippen LogP contribution in [0.4, 0.5) is 10.5 Å². The van der Waals surface area contributed by atoms with Crippen LogP contribution in [0.25, 0.3) is 0 Å². The lowest BCUT2D eigenvalue weighted by Gasteiger charge is -2.41. The van der Waals surface area contributed by atoms with E-state index in [1.165, 1.54) is 0 Å². The molecule has 0 aliphatic carbocycles. The number of piperazine rings is 1. The number of anilines is 1. The van der Waals surface area contributed by atoms with Gasteiger partial charge in [-0.1, -0.05) is 53.9 Å². The maximum Gasteiger partial charge on any atom is 0.322 e. The van der Waals surface area contributed by atoms with Crippen LogP contribution in [-0.2, 0) is 4.79 Å². The van der Waals surface area contributed by atoms with E-state index >= 15 is 0 Å². The number of halogens is 2. The average Bonchev–Trinajstić information content (AvgIpc) is 2.81. The number of carbonyl (C=O) groups excluding carboxylic acids is 3. The second-order valence-electron chi connectivity index (χ2n) is 8.61. The molecule has 34 heavy (non-hydrogen) atoms. The predicted octanol–water partition coefficient (Wildman–Crippen LogP) is 5.01. The minimum absolute atomic E-state index is 0.0358. The van der Waals surface area contributed by atoms with Gasteiger partial charge in [-0.3, -0.25) is 9.59 Å².